The fourth-order valence-electron chi connectivity index (χ4n) is 5.74. The van der Waals surface area contributed by atoms with Crippen molar-refractivity contribution in [1.29, 1.82) is 0 Å². The number of rotatable bonds is 13. The molecule has 0 spiro atoms. The number of esters is 2. The number of hydrogen-bond acceptors (Lipinski definition) is 15. The van der Waals surface area contributed by atoms with E-state index < -0.39 is 53.5 Å². The summed E-state index contributed by atoms with van der Waals surface area (Å²) in [4.78, 5) is 65.1. The summed E-state index contributed by atoms with van der Waals surface area (Å²) in [5.41, 5.74) is 3.64. The molecule has 18 heteroatoms. The van der Waals surface area contributed by atoms with Crippen molar-refractivity contribution in [2.24, 2.45) is 5.16 Å². The molecule has 1 unspecified atom stereocenters. The summed E-state index contributed by atoms with van der Waals surface area (Å²) in [6, 6.07) is 21.3. The summed E-state index contributed by atoms with van der Waals surface area (Å²) < 4.78 is 13.1. The number of thiazole rings is 1. The van der Waals surface area contributed by atoms with Crippen molar-refractivity contribution < 1.29 is 33.5 Å². The summed E-state index contributed by atoms with van der Waals surface area (Å²) >= 11 is 4.02. The van der Waals surface area contributed by atoms with Gasteiger partial charge in [0.25, 0.3) is 11.8 Å². The molecule has 3 aromatic heterocycles. The monoisotopic (exact) mass is 798 g/mol. The molecule has 282 valence electrons. The first-order chi connectivity index (χ1) is 26.6. The first-order valence-electron chi connectivity index (χ1n) is 16.9. The number of amides is 2. The molecule has 7 rings (SSSR count). The zero-order valence-electron chi connectivity index (χ0n) is 29.7. The van der Waals surface area contributed by atoms with Gasteiger partial charge < -0.3 is 19.6 Å². The van der Waals surface area contributed by atoms with Crippen molar-refractivity contribution >= 4 is 70.0 Å². The van der Waals surface area contributed by atoms with Crippen molar-refractivity contribution in [3.8, 4) is 0 Å². The number of thioether (sulfide) groups is 2. The fraction of sp³-hybridized carbons (Fsp3) is 0.270. The molecule has 1 fully saturated rings. The van der Waals surface area contributed by atoms with Gasteiger partial charge in [0.05, 0.1) is 5.51 Å². The fourth-order valence-corrected chi connectivity index (χ4v) is 8.63. The van der Waals surface area contributed by atoms with E-state index in [9.17, 15) is 19.2 Å². The normalized spacial score (nSPS) is 17.1. The Bertz CT molecular complexity index is 2220. The second kappa shape index (κ2) is 16.4. The van der Waals surface area contributed by atoms with Gasteiger partial charge in [-0.15, -0.1) is 45.1 Å². The van der Waals surface area contributed by atoms with Crippen molar-refractivity contribution in [2.75, 3.05) is 18.1 Å². The van der Waals surface area contributed by atoms with Crippen LogP contribution in [0.3, 0.4) is 0 Å². The first-order valence-corrected chi connectivity index (χ1v) is 19.9. The van der Waals surface area contributed by atoms with E-state index in [1.165, 1.54) is 51.6 Å². The molecule has 0 bridgehead atoms. The molecule has 2 aliphatic rings. The number of oxime groups is 1. The summed E-state index contributed by atoms with van der Waals surface area (Å²) in [5.74, 6) is -1.92. The van der Waals surface area contributed by atoms with Gasteiger partial charge in [-0.05, 0) is 49.6 Å². The average Bonchev–Trinajstić information content (AvgIpc) is 3.89. The Morgan fingerprint density at radius 3 is 2.44 bits per heavy atom. The largest absolute Gasteiger partial charge is 0.457 e. The van der Waals surface area contributed by atoms with E-state index >= 15 is 0 Å². The highest BCUT2D eigenvalue weighted by Gasteiger charge is 2.55. The standard InChI is InChI=1S/C37H34N8O7S3/c1-37(2,3)52-28(46)16-50-43-29(25-19-53-21-38-25)33(47)40-30-34(48)45-31(36(49)51-32(22-10-6-4-7-11-22)23-12-8-5-9-13-23)24(18-55-35(30)45)17-54-27-15-14-26-41-39-20-44(26)42-27/h4-15,19-21,30,32,35H,16-18H2,1-3H3,(H,40,47)/t30?,35-/m0/s1. The number of aromatic nitrogens is 5. The van der Waals surface area contributed by atoms with E-state index in [0.29, 0.717) is 27.8 Å². The molecule has 0 saturated carbocycles. The number of fused-ring (bicyclic) bond motifs is 2. The summed E-state index contributed by atoms with van der Waals surface area (Å²) in [6.07, 6.45) is 0.743. The van der Waals surface area contributed by atoms with Crippen LogP contribution in [-0.4, -0.2) is 94.3 Å². The van der Waals surface area contributed by atoms with Crippen LogP contribution in [0.1, 0.15) is 43.7 Å². The zero-order valence-corrected chi connectivity index (χ0v) is 32.2. The van der Waals surface area contributed by atoms with E-state index in [1.54, 1.807) is 36.7 Å². The summed E-state index contributed by atoms with van der Waals surface area (Å²) in [5, 5.41) is 20.7. The molecular weight excluding hydrogens is 765 g/mol. The highest BCUT2D eigenvalue weighted by molar-refractivity contribution is 8.01. The lowest BCUT2D eigenvalue weighted by Crippen LogP contribution is -2.71. The Morgan fingerprint density at radius 2 is 1.76 bits per heavy atom. The van der Waals surface area contributed by atoms with Crippen LogP contribution in [0, 0.1) is 0 Å². The average molecular weight is 799 g/mol. The molecule has 2 atom stereocenters. The minimum absolute atomic E-state index is 0.114. The van der Waals surface area contributed by atoms with Crippen LogP contribution in [-0.2, 0) is 33.5 Å². The molecule has 5 aromatic rings. The van der Waals surface area contributed by atoms with Gasteiger partial charge in [-0.2, -0.15) is 9.61 Å². The van der Waals surface area contributed by atoms with Crippen LogP contribution in [0.4, 0.5) is 0 Å². The van der Waals surface area contributed by atoms with Gasteiger partial charge in [0, 0.05) is 16.9 Å². The molecule has 15 nitrogen and oxygen atoms in total. The number of carbonyl (C=O) groups excluding carboxylic acids is 4. The molecular formula is C37H34N8O7S3. The van der Waals surface area contributed by atoms with Crippen LogP contribution < -0.4 is 5.32 Å². The van der Waals surface area contributed by atoms with Crippen molar-refractivity contribution in [2.45, 2.75) is 48.9 Å². The van der Waals surface area contributed by atoms with Gasteiger partial charge in [0.2, 0.25) is 6.61 Å². The lowest BCUT2D eigenvalue weighted by atomic mass is 10.0. The summed E-state index contributed by atoms with van der Waals surface area (Å²) in [6.45, 7) is 4.61. The lowest BCUT2D eigenvalue weighted by molar-refractivity contribution is -0.160. The minimum atomic E-state index is -1.01. The predicted octanol–water partition coefficient (Wildman–Crippen LogP) is 4.42. The number of hydrogen-bond donors (Lipinski definition) is 1. The van der Waals surface area contributed by atoms with Crippen LogP contribution in [0.5, 0.6) is 0 Å². The molecule has 2 aliphatic heterocycles. The molecule has 0 aliphatic carbocycles. The van der Waals surface area contributed by atoms with Crippen molar-refractivity contribution in [3.63, 3.8) is 0 Å². The zero-order chi connectivity index (χ0) is 38.5. The van der Waals surface area contributed by atoms with E-state index in [0.717, 1.165) is 11.1 Å². The maximum Gasteiger partial charge on any atom is 0.356 e. The Hall–Kier alpha value is -5.59. The molecule has 1 saturated heterocycles. The third-order valence-electron chi connectivity index (χ3n) is 8.14. The molecule has 2 aromatic carbocycles. The molecule has 0 radical (unpaired) electrons. The van der Waals surface area contributed by atoms with Gasteiger partial charge in [-0.3, -0.25) is 14.5 Å². The number of benzene rings is 2. The van der Waals surface area contributed by atoms with Crippen molar-refractivity contribution in [3.05, 3.63) is 118 Å². The van der Waals surface area contributed by atoms with Gasteiger partial charge >= 0.3 is 11.9 Å². The maximum atomic E-state index is 14.4. The molecule has 5 heterocycles. The van der Waals surface area contributed by atoms with Gasteiger partial charge in [-0.1, -0.05) is 65.8 Å². The predicted molar refractivity (Wildman–Crippen MR) is 205 cm³/mol. The summed E-state index contributed by atoms with van der Waals surface area (Å²) in [7, 11) is 0. The smallest absolute Gasteiger partial charge is 0.356 e. The maximum absolute atomic E-state index is 14.4. The third kappa shape index (κ3) is 8.71. The lowest BCUT2D eigenvalue weighted by Gasteiger charge is -2.49. The quantitative estimate of drug-likeness (QED) is 0.0582. The second-order valence-corrected chi connectivity index (χ2v) is 16.0. The Labute approximate surface area is 327 Å². The molecule has 1 N–H and O–H groups in total. The number of carbonyl (C=O) groups is 4. The first kappa shape index (κ1) is 37.7. The second-order valence-electron chi connectivity index (χ2n) is 13.2. The highest BCUT2D eigenvalue weighted by atomic mass is 32.2. The minimum Gasteiger partial charge on any atom is -0.457 e. The van der Waals surface area contributed by atoms with E-state index in [1.807, 2.05) is 66.7 Å². The van der Waals surface area contributed by atoms with Gasteiger partial charge in [0.1, 0.15) is 39.8 Å². The van der Waals surface area contributed by atoms with Crippen molar-refractivity contribution in [1.82, 2.24) is 35.0 Å². The van der Waals surface area contributed by atoms with Gasteiger partial charge in [-0.25, -0.2) is 14.6 Å². The topological polar surface area (TPSA) is 180 Å². The highest BCUT2D eigenvalue weighted by Crippen LogP contribution is 2.43. The van der Waals surface area contributed by atoms with Crippen LogP contribution in [0.25, 0.3) is 5.65 Å². The van der Waals surface area contributed by atoms with Crippen LogP contribution in [0.15, 0.2) is 111 Å². The third-order valence-corrected chi connectivity index (χ3v) is 11.1. The van der Waals surface area contributed by atoms with Crippen LogP contribution in [0.2, 0.25) is 0 Å². The van der Waals surface area contributed by atoms with Gasteiger partial charge in [0.15, 0.2) is 17.5 Å². The van der Waals surface area contributed by atoms with E-state index in [2.05, 4.69) is 30.8 Å². The van der Waals surface area contributed by atoms with Crippen LogP contribution >= 0.6 is 34.9 Å². The van der Waals surface area contributed by atoms with E-state index in [-0.39, 0.29) is 17.1 Å². The Kier molecular flexibility index (Phi) is 11.3. The molecule has 2 amide bonds. The number of nitrogens with zero attached hydrogens (tertiary/aromatic N) is 7. The Morgan fingerprint density at radius 1 is 1.04 bits per heavy atom. The SMILES string of the molecule is CC(C)(C)OC(=O)CON=C(C(=O)NC1C(=O)N2C(C(=O)OC(c3ccccc3)c3ccccc3)=C(CSc3ccc4nncn4n3)CS[C@@H]12)c1cscn1. The Balaban J connectivity index is 1.14. The molecule has 55 heavy (non-hydrogen) atoms. The van der Waals surface area contributed by atoms with E-state index in [4.69, 9.17) is 14.3 Å². The number of ether oxygens (including phenoxy) is 2. The number of β-lactam (4-membered cyclic amide) rings is 1. The number of nitrogens with one attached hydrogen (secondary N) is 1.